The zero-order valence-electron chi connectivity index (χ0n) is 10.8. The summed E-state index contributed by atoms with van der Waals surface area (Å²) in [7, 11) is 0. The average molecular weight is 250 g/mol. The van der Waals surface area contributed by atoms with Crippen molar-refractivity contribution >= 4 is 5.91 Å². The first-order valence-corrected chi connectivity index (χ1v) is 7.04. The van der Waals surface area contributed by atoms with E-state index in [1.165, 1.54) is 0 Å². The fourth-order valence-corrected chi connectivity index (χ4v) is 3.12. The van der Waals surface area contributed by atoms with Crippen LogP contribution in [-0.2, 0) is 4.79 Å². The van der Waals surface area contributed by atoms with Crippen LogP contribution >= 0.6 is 0 Å². The van der Waals surface area contributed by atoms with Gasteiger partial charge in [0.2, 0.25) is 5.91 Å². The number of hydrogen-bond donors (Lipinski definition) is 2. The Bertz CT molecular complexity index is 334. The summed E-state index contributed by atoms with van der Waals surface area (Å²) in [5.74, 6) is 0.392. The number of rotatable bonds is 3. The van der Waals surface area contributed by atoms with Gasteiger partial charge >= 0.3 is 0 Å². The number of hydrogen-bond acceptors (Lipinski definition) is 3. The monoisotopic (exact) mass is 250 g/mol. The van der Waals surface area contributed by atoms with Crippen molar-refractivity contribution < 1.29 is 9.90 Å². The number of carbonyl (C=O) groups is 1. The summed E-state index contributed by atoms with van der Waals surface area (Å²) in [4.78, 5) is 12.1. The van der Waals surface area contributed by atoms with Crippen LogP contribution in [0.25, 0.3) is 0 Å². The van der Waals surface area contributed by atoms with Crippen LogP contribution in [-0.4, -0.2) is 23.7 Å². The highest BCUT2D eigenvalue weighted by Crippen LogP contribution is 2.37. The molecule has 1 amide bonds. The van der Waals surface area contributed by atoms with Crippen molar-refractivity contribution in [1.29, 1.82) is 5.26 Å². The van der Waals surface area contributed by atoms with E-state index < -0.39 is 5.41 Å². The lowest BCUT2D eigenvalue weighted by Gasteiger charge is -2.27. The molecule has 2 fully saturated rings. The molecule has 0 atom stereocenters. The summed E-state index contributed by atoms with van der Waals surface area (Å²) in [6.07, 6.45) is 6.85. The molecule has 0 unspecified atom stereocenters. The molecule has 0 bridgehead atoms. The third kappa shape index (κ3) is 2.84. The predicted molar refractivity (Wildman–Crippen MR) is 67.5 cm³/mol. The van der Waals surface area contributed by atoms with Gasteiger partial charge < -0.3 is 10.4 Å². The van der Waals surface area contributed by atoms with Crippen LogP contribution in [0.3, 0.4) is 0 Å². The van der Waals surface area contributed by atoms with Crippen LogP contribution in [0.5, 0.6) is 0 Å². The van der Waals surface area contributed by atoms with Gasteiger partial charge in [-0.25, -0.2) is 0 Å². The molecule has 2 rings (SSSR count). The number of carbonyl (C=O) groups excluding carboxylic acids is 1. The summed E-state index contributed by atoms with van der Waals surface area (Å²) in [5.41, 5.74) is -0.756. The number of aliphatic hydroxyl groups is 1. The second-order valence-corrected chi connectivity index (χ2v) is 5.79. The Morgan fingerprint density at radius 3 is 2.44 bits per heavy atom. The third-order valence-electron chi connectivity index (χ3n) is 4.47. The predicted octanol–water partition coefficient (Wildman–Crippen LogP) is 1.74. The van der Waals surface area contributed by atoms with E-state index in [0.29, 0.717) is 25.3 Å². The fraction of sp³-hybridized carbons (Fsp3) is 0.857. The van der Waals surface area contributed by atoms with E-state index >= 15 is 0 Å². The van der Waals surface area contributed by atoms with E-state index in [1.807, 2.05) is 0 Å². The lowest BCUT2D eigenvalue weighted by molar-refractivity contribution is -0.128. The molecule has 4 heteroatoms. The number of aliphatic hydroxyl groups excluding tert-OH is 1. The Balaban J connectivity index is 1.79. The van der Waals surface area contributed by atoms with Crippen LogP contribution < -0.4 is 5.32 Å². The quantitative estimate of drug-likeness (QED) is 0.801. The standard InChI is InChI=1S/C14H22N2O2/c15-10-14(7-1-2-8-14)13(18)16-9-11-3-5-12(17)6-4-11/h11-12,17H,1-9H2,(H,16,18). The largest absolute Gasteiger partial charge is 0.393 e. The highest BCUT2D eigenvalue weighted by molar-refractivity contribution is 5.85. The Morgan fingerprint density at radius 2 is 1.89 bits per heavy atom. The Labute approximate surface area is 108 Å². The molecular weight excluding hydrogens is 228 g/mol. The van der Waals surface area contributed by atoms with Gasteiger partial charge in [-0.15, -0.1) is 0 Å². The van der Waals surface area contributed by atoms with Gasteiger partial charge in [-0.2, -0.15) is 5.26 Å². The molecular formula is C14H22N2O2. The molecule has 2 N–H and O–H groups in total. The van der Waals surface area contributed by atoms with Gasteiger partial charge in [0, 0.05) is 6.54 Å². The maximum absolute atomic E-state index is 12.1. The molecule has 0 aromatic rings. The molecule has 18 heavy (non-hydrogen) atoms. The van der Waals surface area contributed by atoms with Gasteiger partial charge in [0.05, 0.1) is 12.2 Å². The lowest BCUT2D eigenvalue weighted by atomic mass is 9.85. The van der Waals surface area contributed by atoms with Crippen molar-refractivity contribution in [3.05, 3.63) is 0 Å². The van der Waals surface area contributed by atoms with E-state index in [0.717, 1.165) is 38.5 Å². The van der Waals surface area contributed by atoms with Crippen LogP contribution in [0.1, 0.15) is 51.4 Å². The summed E-state index contributed by atoms with van der Waals surface area (Å²) in [6, 6.07) is 2.22. The molecule has 100 valence electrons. The SMILES string of the molecule is N#CC1(C(=O)NCC2CCC(O)CC2)CCCC1. The van der Waals surface area contributed by atoms with Crippen molar-refractivity contribution in [1.82, 2.24) is 5.32 Å². The normalized spacial score (nSPS) is 30.7. The smallest absolute Gasteiger partial charge is 0.240 e. The first-order chi connectivity index (χ1) is 8.66. The highest BCUT2D eigenvalue weighted by Gasteiger charge is 2.41. The number of nitrogens with zero attached hydrogens (tertiary/aromatic N) is 1. The maximum Gasteiger partial charge on any atom is 0.240 e. The van der Waals surface area contributed by atoms with Crippen molar-refractivity contribution in [2.24, 2.45) is 11.3 Å². The fourth-order valence-electron chi connectivity index (χ4n) is 3.12. The molecule has 0 radical (unpaired) electrons. The van der Waals surface area contributed by atoms with E-state index in [9.17, 15) is 15.2 Å². The minimum absolute atomic E-state index is 0.0754. The van der Waals surface area contributed by atoms with Crippen molar-refractivity contribution in [2.45, 2.75) is 57.5 Å². The summed E-state index contributed by atoms with van der Waals surface area (Å²) in [6.45, 7) is 0.662. The lowest BCUT2D eigenvalue weighted by Crippen LogP contribution is -2.41. The average Bonchev–Trinajstić information content (AvgIpc) is 2.88. The van der Waals surface area contributed by atoms with Crippen LogP contribution in [0.15, 0.2) is 0 Å². The molecule has 2 aliphatic carbocycles. The van der Waals surface area contributed by atoms with E-state index in [-0.39, 0.29) is 12.0 Å². The van der Waals surface area contributed by atoms with Gasteiger partial charge in [-0.3, -0.25) is 4.79 Å². The molecule has 2 aliphatic rings. The van der Waals surface area contributed by atoms with Gasteiger partial charge in [0.25, 0.3) is 0 Å². The highest BCUT2D eigenvalue weighted by atomic mass is 16.3. The minimum Gasteiger partial charge on any atom is -0.393 e. The van der Waals surface area contributed by atoms with Gasteiger partial charge in [0.15, 0.2) is 0 Å². The second kappa shape index (κ2) is 5.71. The summed E-state index contributed by atoms with van der Waals surface area (Å²) >= 11 is 0. The van der Waals surface area contributed by atoms with Gasteiger partial charge in [-0.05, 0) is 44.4 Å². The molecule has 0 aliphatic heterocycles. The van der Waals surface area contributed by atoms with E-state index in [2.05, 4.69) is 11.4 Å². The Morgan fingerprint density at radius 1 is 1.28 bits per heavy atom. The molecule has 4 nitrogen and oxygen atoms in total. The van der Waals surface area contributed by atoms with Crippen LogP contribution in [0.2, 0.25) is 0 Å². The number of amides is 1. The number of nitrogens with one attached hydrogen (secondary N) is 1. The Hall–Kier alpha value is -1.08. The minimum atomic E-state index is -0.756. The first kappa shape index (κ1) is 13.4. The third-order valence-corrected chi connectivity index (χ3v) is 4.47. The van der Waals surface area contributed by atoms with Crippen LogP contribution in [0.4, 0.5) is 0 Å². The van der Waals surface area contributed by atoms with Crippen LogP contribution in [0, 0.1) is 22.7 Å². The molecule has 0 aromatic carbocycles. The van der Waals surface area contributed by atoms with E-state index in [1.54, 1.807) is 0 Å². The van der Waals surface area contributed by atoms with Gasteiger partial charge in [0.1, 0.15) is 5.41 Å². The summed E-state index contributed by atoms with van der Waals surface area (Å²) < 4.78 is 0. The molecule has 0 saturated heterocycles. The Kier molecular flexibility index (Phi) is 4.23. The molecule has 0 aromatic heterocycles. The zero-order valence-corrected chi connectivity index (χ0v) is 10.8. The van der Waals surface area contributed by atoms with Crippen molar-refractivity contribution in [3.8, 4) is 6.07 Å². The van der Waals surface area contributed by atoms with E-state index in [4.69, 9.17) is 0 Å². The maximum atomic E-state index is 12.1. The molecule has 0 heterocycles. The summed E-state index contributed by atoms with van der Waals surface area (Å²) in [5, 5.41) is 21.6. The van der Waals surface area contributed by atoms with Gasteiger partial charge in [-0.1, -0.05) is 12.8 Å². The number of nitriles is 1. The molecule has 2 saturated carbocycles. The first-order valence-electron chi connectivity index (χ1n) is 7.04. The molecule has 0 spiro atoms. The van der Waals surface area contributed by atoms with Crippen molar-refractivity contribution in [2.75, 3.05) is 6.54 Å². The topological polar surface area (TPSA) is 73.1 Å². The second-order valence-electron chi connectivity index (χ2n) is 5.79. The van der Waals surface area contributed by atoms with Crippen molar-refractivity contribution in [3.63, 3.8) is 0 Å². The zero-order chi connectivity index (χ0) is 13.0.